The Balaban J connectivity index is 2.24. The Morgan fingerprint density at radius 1 is 1.22 bits per heavy atom. The van der Waals surface area contributed by atoms with Gasteiger partial charge >= 0.3 is 12.1 Å². The summed E-state index contributed by atoms with van der Waals surface area (Å²) in [5.74, 6) is -0.396. The number of nitrogens with zero attached hydrogens (tertiary/aromatic N) is 3. The predicted molar refractivity (Wildman–Crippen MR) is 103 cm³/mol. The van der Waals surface area contributed by atoms with Gasteiger partial charge < -0.3 is 9.64 Å². The molecule has 0 aliphatic carbocycles. The van der Waals surface area contributed by atoms with Crippen molar-refractivity contribution >= 4 is 29.4 Å². The van der Waals surface area contributed by atoms with Crippen molar-refractivity contribution < 1.29 is 19.1 Å². The van der Waals surface area contributed by atoms with E-state index in [-0.39, 0.29) is 0 Å². The second kappa shape index (κ2) is 8.20. The number of benzene rings is 1. The molecule has 1 aromatic carbocycles. The fourth-order valence-electron chi connectivity index (χ4n) is 2.77. The van der Waals surface area contributed by atoms with Gasteiger partial charge in [-0.25, -0.2) is 19.9 Å². The van der Waals surface area contributed by atoms with Crippen molar-refractivity contribution in [3.05, 3.63) is 30.3 Å². The molecule has 8 heteroatoms. The van der Waals surface area contributed by atoms with Gasteiger partial charge in [0.1, 0.15) is 5.60 Å². The highest BCUT2D eigenvalue weighted by molar-refractivity contribution is 6.28. The average Bonchev–Trinajstić information content (AvgIpc) is 2.83. The molecule has 1 fully saturated rings. The quantitative estimate of drug-likeness (QED) is 0.487. The average molecular weight is 374 g/mol. The third kappa shape index (κ3) is 4.84. The number of carbonyl (C=O) groups excluding carboxylic acids is 3. The summed E-state index contributed by atoms with van der Waals surface area (Å²) < 4.78 is 5.13. The van der Waals surface area contributed by atoms with Crippen LogP contribution in [0.3, 0.4) is 0 Å². The van der Waals surface area contributed by atoms with Crippen LogP contribution >= 0.6 is 0 Å². The number of urea groups is 1. The summed E-state index contributed by atoms with van der Waals surface area (Å²) in [6.45, 7) is 9.14. The maximum atomic E-state index is 13.0. The first-order chi connectivity index (χ1) is 12.7. The van der Waals surface area contributed by atoms with E-state index in [0.717, 1.165) is 4.90 Å². The molecule has 2 rings (SSSR count). The topological polar surface area (TPSA) is 91.3 Å². The second-order valence-electron chi connectivity index (χ2n) is 7.25. The van der Waals surface area contributed by atoms with Crippen LogP contribution in [0, 0.1) is 0 Å². The number of anilines is 1. The molecule has 1 aliphatic rings. The van der Waals surface area contributed by atoms with Gasteiger partial charge in [0, 0.05) is 6.54 Å². The summed E-state index contributed by atoms with van der Waals surface area (Å²) in [7, 11) is 0. The molecule has 8 nitrogen and oxygen atoms in total. The van der Waals surface area contributed by atoms with Gasteiger partial charge in [-0.15, -0.1) is 0 Å². The molecule has 4 amide bonds. The van der Waals surface area contributed by atoms with Crippen LogP contribution in [0.2, 0.25) is 0 Å². The Morgan fingerprint density at radius 2 is 1.85 bits per heavy atom. The highest BCUT2D eigenvalue weighted by atomic mass is 16.6. The summed E-state index contributed by atoms with van der Waals surface area (Å²) in [4.78, 5) is 40.2. The van der Waals surface area contributed by atoms with Crippen molar-refractivity contribution in [1.82, 2.24) is 10.3 Å². The van der Waals surface area contributed by atoms with E-state index in [9.17, 15) is 14.4 Å². The fourth-order valence-corrected chi connectivity index (χ4v) is 2.77. The Hall–Kier alpha value is -2.90. The van der Waals surface area contributed by atoms with E-state index in [2.05, 4.69) is 10.5 Å². The molecule has 0 saturated carbocycles. The van der Waals surface area contributed by atoms with Crippen LogP contribution in [-0.2, 0) is 9.53 Å². The van der Waals surface area contributed by atoms with E-state index >= 15 is 0 Å². The summed E-state index contributed by atoms with van der Waals surface area (Å²) in [6, 6.07) is 7.48. The molecule has 0 bridgehead atoms. The van der Waals surface area contributed by atoms with Gasteiger partial charge in [-0.05, 0) is 46.2 Å². The van der Waals surface area contributed by atoms with Gasteiger partial charge in [-0.3, -0.25) is 4.79 Å². The third-order valence-corrected chi connectivity index (χ3v) is 3.80. The third-order valence-electron chi connectivity index (χ3n) is 3.80. The smallest absolute Gasteiger partial charge is 0.428 e. The molecule has 1 atom stereocenters. The zero-order chi connectivity index (χ0) is 20.2. The van der Waals surface area contributed by atoms with Crippen LogP contribution in [-0.4, -0.2) is 46.8 Å². The standard InChI is InChI=1S/C19H26N4O4/c1-6-12-22-15(13(2)20-21-17(25)27-19(3,4)5)16(24)23(18(22)26)14-10-8-7-9-11-14/h7-11,15H,6,12H2,1-5H3,(H,21,25)/b20-13+. The van der Waals surface area contributed by atoms with E-state index in [1.807, 2.05) is 13.0 Å². The molecule has 1 aliphatic heterocycles. The highest BCUT2D eigenvalue weighted by Gasteiger charge is 2.47. The van der Waals surface area contributed by atoms with Gasteiger partial charge in [0.15, 0.2) is 6.04 Å². The van der Waals surface area contributed by atoms with E-state index in [4.69, 9.17) is 4.74 Å². The number of hydrazone groups is 1. The van der Waals surface area contributed by atoms with E-state index in [1.54, 1.807) is 52.0 Å². The van der Waals surface area contributed by atoms with Gasteiger partial charge in [0.25, 0.3) is 5.91 Å². The SMILES string of the molecule is CCCN1C(=O)N(c2ccccc2)C(=O)C1/C(C)=N/NC(=O)OC(C)(C)C. The van der Waals surface area contributed by atoms with Gasteiger partial charge in [-0.2, -0.15) is 5.10 Å². The molecular formula is C19H26N4O4. The van der Waals surface area contributed by atoms with Gasteiger partial charge in [0.2, 0.25) is 0 Å². The monoisotopic (exact) mass is 374 g/mol. The molecule has 0 radical (unpaired) electrons. The Labute approximate surface area is 159 Å². The summed E-state index contributed by atoms with van der Waals surface area (Å²) in [6.07, 6.45) is -0.0362. The Kier molecular flexibility index (Phi) is 6.20. The normalized spacial score (nSPS) is 18.1. The molecule has 1 heterocycles. The summed E-state index contributed by atoms with van der Waals surface area (Å²) in [5.41, 5.74) is 2.44. The van der Waals surface area contributed by atoms with Crippen LogP contribution in [0.25, 0.3) is 0 Å². The number of para-hydroxylation sites is 1. The Morgan fingerprint density at radius 3 is 2.41 bits per heavy atom. The minimum Gasteiger partial charge on any atom is -0.443 e. The minimum absolute atomic E-state index is 0.311. The number of imide groups is 1. The molecule has 0 aromatic heterocycles. The first kappa shape index (κ1) is 20.4. The number of nitrogens with one attached hydrogen (secondary N) is 1. The van der Waals surface area contributed by atoms with Gasteiger partial charge in [-0.1, -0.05) is 25.1 Å². The van der Waals surface area contributed by atoms with E-state index in [1.165, 1.54) is 4.90 Å². The lowest BCUT2D eigenvalue weighted by molar-refractivity contribution is -0.118. The predicted octanol–water partition coefficient (Wildman–Crippen LogP) is 3.13. The molecule has 0 spiro atoms. The van der Waals surface area contributed by atoms with Crippen LogP contribution in [0.1, 0.15) is 41.0 Å². The lowest BCUT2D eigenvalue weighted by Gasteiger charge is -2.21. The lowest BCUT2D eigenvalue weighted by atomic mass is 10.1. The molecule has 146 valence electrons. The molecule has 1 aromatic rings. The number of hydrogen-bond acceptors (Lipinski definition) is 5. The van der Waals surface area contributed by atoms with Crippen LogP contribution in [0.4, 0.5) is 15.3 Å². The lowest BCUT2D eigenvalue weighted by Crippen LogP contribution is -2.42. The molecule has 1 N–H and O–H groups in total. The van der Waals surface area contributed by atoms with Crippen LogP contribution in [0.5, 0.6) is 0 Å². The van der Waals surface area contributed by atoms with Crippen molar-refractivity contribution in [1.29, 1.82) is 0 Å². The number of rotatable bonds is 5. The van der Waals surface area contributed by atoms with Crippen LogP contribution < -0.4 is 10.3 Å². The first-order valence-electron chi connectivity index (χ1n) is 8.88. The largest absolute Gasteiger partial charge is 0.443 e. The van der Waals surface area contributed by atoms with Crippen molar-refractivity contribution in [2.24, 2.45) is 5.10 Å². The van der Waals surface area contributed by atoms with Crippen LogP contribution in [0.15, 0.2) is 35.4 Å². The zero-order valence-corrected chi connectivity index (χ0v) is 16.4. The second-order valence-corrected chi connectivity index (χ2v) is 7.25. The van der Waals surface area contributed by atoms with Crippen molar-refractivity contribution in [2.45, 2.75) is 52.7 Å². The summed E-state index contributed by atoms with van der Waals surface area (Å²) >= 11 is 0. The van der Waals surface area contributed by atoms with E-state index < -0.39 is 29.7 Å². The number of ether oxygens (including phenoxy) is 1. The fraction of sp³-hybridized carbons (Fsp3) is 0.474. The maximum absolute atomic E-state index is 13.0. The summed E-state index contributed by atoms with van der Waals surface area (Å²) in [5, 5.41) is 3.99. The van der Waals surface area contributed by atoms with Crippen molar-refractivity contribution in [3.8, 4) is 0 Å². The van der Waals surface area contributed by atoms with Gasteiger partial charge in [0.05, 0.1) is 11.4 Å². The maximum Gasteiger partial charge on any atom is 0.428 e. The molecule has 1 unspecified atom stereocenters. The van der Waals surface area contributed by atoms with Crippen molar-refractivity contribution in [2.75, 3.05) is 11.4 Å². The number of amides is 4. The Bertz CT molecular complexity index is 740. The molecular weight excluding hydrogens is 348 g/mol. The highest BCUT2D eigenvalue weighted by Crippen LogP contribution is 2.26. The molecule has 1 saturated heterocycles. The van der Waals surface area contributed by atoms with Crippen molar-refractivity contribution in [3.63, 3.8) is 0 Å². The first-order valence-corrected chi connectivity index (χ1v) is 8.88. The molecule has 27 heavy (non-hydrogen) atoms. The van der Waals surface area contributed by atoms with E-state index in [0.29, 0.717) is 24.4 Å². The minimum atomic E-state index is -0.868. The number of carbonyl (C=O) groups is 3. The number of hydrogen-bond donors (Lipinski definition) is 1. The zero-order valence-electron chi connectivity index (χ0n) is 16.4.